The van der Waals surface area contributed by atoms with Crippen LogP contribution in [0, 0.1) is 6.07 Å². The van der Waals surface area contributed by atoms with Gasteiger partial charge in [-0.1, -0.05) is 0 Å². The molecule has 1 rings (SSSR count). The monoisotopic (exact) mass is 186 g/mol. The Balaban J connectivity index is 0. The molecule has 34 valence electrons. The summed E-state index contributed by atoms with van der Waals surface area (Å²) >= 11 is 1.66. The van der Waals surface area contributed by atoms with Crippen LogP contribution in [0.2, 0.25) is 0 Å². The third kappa shape index (κ3) is 4.81. The van der Waals surface area contributed by atoms with E-state index in [2.05, 4.69) is 6.07 Å². The van der Waals surface area contributed by atoms with E-state index in [9.17, 15) is 0 Å². The molecule has 0 aliphatic carbocycles. The summed E-state index contributed by atoms with van der Waals surface area (Å²) in [6, 6.07) is 4.77. The quantitative estimate of drug-likeness (QED) is 0.331. The Bertz CT molecular complexity index is 68.2. The van der Waals surface area contributed by atoms with Crippen molar-refractivity contribution >= 4 is 34.4 Å². The van der Waals surface area contributed by atoms with Crippen LogP contribution in [0.1, 0.15) is 0 Å². The molecule has 0 saturated carbocycles. The van der Waals surface area contributed by atoms with E-state index in [1.807, 2.05) is 16.8 Å². The van der Waals surface area contributed by atoms with Crippen LogP contribution in [-0.4, -0.2) is 23.1 Å². The minimum atomic E-state index is 0. The Hall–Kier alpha value is 0.946. The summed E-state index contributed by atoms with van der Waals surface area (Å²) in [7, 11) is 0. The van der Waals surface area contributed by atoms with Gasteiger partial charge >= 0.3 is 23.1 Å². The van der Waals surface area contributed by atoms with E-state index < -0.39 is 0 Å². The summed E-state index contributed by atoms with van der Waals surface area (Å²) < 4.78 is 0. The molecule has 0 fully saturated rings. The topological polar surface area (TPSA) is 0 Å². The van der Waals surface area contributed by atoms with Crippen molar-refractivity contribution in [2.45, 2.75) is 0 Å². The number of hydrogen-bond donors (Lipinski definition) is 0. The van der Waals surface area contributed by atoms with Gasteiger partial charge in [-0.2, -0.15) is 5.38 Å². The van der Waals surface area contributed by atoms with Crippen molar-refractivity contribution in [3.05, 3.63) is 22.9 Å². The molecule has 1 aromatic heterocycles. The van der Waals surface area contributed by atoms with Crippen LogP contribution in [0.25, 0.3) is 0 Å². The van der Waals surface area contributed by atoms with Gasteiger partial charge in [-0.15, -0.1) is 5.38 Å². The molecule has 0 N–H and O–H groups in total. The van der Waals surface area contributed by atoms with Gasteiger partial charge in [0, 0.05) is 0 Å². The molecular formula is C4H3BrMgS. The Kier molecular flexibility index (Phi) is 10.8. The van der Waals surface area contributed by atoms with Gasteiger partial charge in [-0.3, -0.25) is 11.3 Å². The maximum absolute atomic E-state index is 2.88. The smallest absolute Gasteiger partial charge is 1.00 e. The van der Waals surface area contributed by atoms with Gasteiger partial charge in [0.25, 0.3) is 0 Å². The molecule has 0 atom stereocenters. The molecule has 3 heteroatoms. The summed E-state index contributed by atoms with van der Waals surface area (Å²) in [6.07, 6.45) is 0. The van der Waals surface area contributed by atoms with Crippen LogP contribution in [0.15, 0.2) is 16.8 Å². The number of rotatable bonds is 0. The van der Waals surface area contributed by atoms with E-state index in [0.29, 0.717) is 0 Å². The molecule has 0 unspecified atom stereocenters. The van der Waals surface area contributed by atoms with Crippen molar-refractivity contribution in [1.29, 1.82) is 0 Å². The van der Waals surface area contributed by atoms with E-state index in [0.717, 1.165) is 0 Å². The van der Waals surface area contributed by atoms with E-state index in [1.54, 1.807) is 11.3 Å². The SMILES string of the molecule is [Br-].[Mg+2].[c-]1ccsc1. The maximum atomic E-state index is 2.88. The van der Waals surface area contributed by atoms with E-state index in [4.69, 9.17) is 0 Å². The van der Waals surface area contributed by atoms with Gasteiger partial charge in [-0.05, 0) is 0 Å². The summed E-state index contributed by atoms with van der Waals surface area (Å²) in [5, 5.41) is 3.90. The first-order valence-electron chi connectivity index (χ1n) is 1.38. The Labute approximate surface area is 73.9 Å². The Morgan fingerprint density at radius 2 is 2.14 bits per heavy atom. The Morgan fingerprint density at radius 3 is 2.29 bits per heavy atom. The fraction of sp³-hybridized carbons (Fsp3) is 0. The summed E-state index contributed by atoms with van der Waals surface area (Å²) in [5.41, 5.74) is 0. The predicted molar refractivity (Wildman–Crippen MR) is 28.9 cm³/mol. The van der Waals surface area contributed by atoms with Gasteiger partial charge in [0.2, 0.25) is 0 Å². The standard InChI is InChI=1S/C4H3S.BrH.Mg/c1-2-4-5-3-1;;/h1,3-4H;1H;/q-1;;+2/p-1. The molecule has 0 aliphatic rings. The Morgan fingerprint density at radius 1 is 1.43 bits per heavy atom. The number of thiophene rings is 1. The van der Waals surface area contributed by atoms with Gasteiger partial charge in [0.15, 0.2) is 0 Å². The third-order valence-corrected chi connectivity index (χ3v) is 0.944. The van der Waals surface area contributed by atoms with Gasteiger partial charge < -0.3 is 17.0 Å². The first-order chi connectivity index (χ1) is 2.50. The van der Waals surface area contributed by atoms with Crippen LogP contribution in [0.4, 0.5) is 0 Å². The van der Waals surface area contributed by atoms with E-state index in [1.165, 1.54) is 0 Å². The molecule has 7 heavy (non-hydrogen) atoms. The molecule has 0 aromatic carbocycles. The van der Waals surface area contributed by atoms with Crippen LogP contribution < -0.4 is 17.0 Å². The first kappa shape index (κ1) is 10.8. The number of hydrogen-bond acceptors (Lipinski definition) is 1. The van der Waals surface area contributed by atoms with E-state index in [-0.39, 0.29) is 40.0 Å². The zero-order chi connectivity index (χ0) is 3.54. The second-order valence-corrected chi connectivity index (χ2v) is 1.50. The van der Waals surface area contributed by atoms with Gasteiger partial charge in [-0.25, -0.2) is 12.1 Å². The zero-order valence-electron chi connectivity index (χ0n) is 3.73. The molecule has 0 nitrogen and oxygen atoms in total. The fourth-order valence-corrected chi connectivity index (χ4v) is 0.589. The second kappa shape index (κ2) is 6.95. The van der Waals surface area contributed by atoms with E-state index >= 15 is 0 Å². The van der Waals surface area contributed by atoms with Crippen molar-refractivity contribution < 1.29 is 17.0 Å². The summed E-state index contributed by atoms with van der Waals surface area (Å²) in [6.45, 7) is 0. The van der Waals surface area contributed by atoms with Crippen molar-refractivity contribution in [3.63, 3.8) is 0 Å². The molecule has 0 saturated heterocycles. The predicted octanol–water partition coefficient (Wildman–Crippen LogP) is -1.83. The molecule has 1 heterocycles. The van der Waals surface area contributed by atoms with Crippen molar-refractivity contribution in [1.82, 2.24) is 0 Å². The molecule has 0 amide bonds. The van der Waals surface area contributed by atoms with Gasteiger partial charge in [0.05, 0.1) is 0 Å². The molecule has 1 aromatic rings. The molecule has 0 aliphatic heterocycles. The zero-order valence-corrected chi connectivity index (χ0v) is 7.54. The van der Waals surface area contributed by atoms with Crippen molar-refractivity contribution in [3.8, 4) is 0 Å². The average Bonchev–Trinajstić information content (AvgIpc) is 1.76. The molecule has 0 radical (unpaired) electrons. The van der Waals surface area contributed by atoms with Crippen molar-refractivity contribution in [2.75, 3.05) is 0 Å². The number of halogens is 1. The third-order valence-electron chi connectivity index (χ3n) is 0.379. The molecule has 0 spiro atoms. The first-order valence-corrected chi connectivity index (χ1v) is 2.32. The van der Waals surface area contributed by atoms with Crippen LogP contribution in [0.5, 0.6) is 0 Å². The normalized spacial score (nSPS) is 5.71. The maximum Gasteiger partial charge on any atom is 2.00 e. The molecule has 0 bridgehead atoms. The van der Waals surface area contributed by atoms with Crippen LogP contribution in [0.3, 0.4) is 0 Å². The minimum Gasteiger partial charge on any atom is -1.00 e. The summed E-state index contributed by atoms with van der Waals surface area (Å²) in [5.74, 6) is 0. The minimum absolute atomic E-state index is 0. The fourth-order valence-electron chi connectivity index (χ4n) is 0.196. The van der Waals surface area contributed by atoms with Crippen LogP contribution in [-0.2, 0) is 0 Å². The summed E-state index contributed by atoms with van der Waals surface area (Å²) in [4.78, 5) is 0. The van der Waals surface area contributed by atoms with Crippen molar-refractivity contribution in [2.24, 2.45) is 0 Å². The largest absolute Gasteiger partial charge is 2.00 e. The second-order valence-electron chi connectivity index (χ2n) is 0.723. The molecular weight excluding hydrogens is 184 g/mol. The average molecular weight is 187 g/mol. The van der Waals surface area contributed by atoms with Gasteiger partial charge in [0.1, 0.15) is 0 Å². The van der Waals surface area contributed by atoms with Crippen LogP contribution >= 0.6 is 11.3 Å².